The maximum atomic E-state index is 12.1. The molecule has 1 aromatic carbocycles. The molecule has 0 fully saturated rings. The summed E-state index contributed by atoms with van der Waals surface area (Å²) in [6.45, 7) is 2.26. The van der Waals surface area contributed by atoms with Crippen molar-refractivity contribution < 1.29 is 4.79 Å². The number of nitrogens with one attached hydrogen (secondary N) is 1. The van der Waals surface area contributed by atoms with Crippen molar-refractivity contribution in [3.63, 3.8) is 0 Å². The molecule has 1 heterocycles. The second kappa shape index (κ2) is 13.5. The predicted octanol–water partition coefficient (Wildman–Crippen LogP) is 7.45. The zero-order valence-corrected chi connectivity index (χ0v) is 17.5. The smallest absolute Gasteiger partial charge is 0.226 e. The van der Waals surface area contributed by atoms with Crippen molar-refractivity contribution in [1.82, 2.24) is 4.98 Å². The zero-order chi connectivity index (χ0) is 19.2. The highest BCUT2D eigenvalue weighted by molar-refractivity contribution is 7.14. The summed E-state index contributed by atoms with van der Waals surface area (Å²) in [7, 11) is 0. The maximum Gasteiger partial charge on any atom is 0.226 e. The normalized spacial score (nSPS) is 10.9. The quantitative estimate of drug-likeness (QED) is 0.343. The molecule has 0 bridgehead atoms. The molecule has 1 N–H and O–H groups in total. The first-order chi connectivity index (χ1) is 13.3. The van der Waals surface area contributed by atoms with Crippen molar-refractivity contribution in [2.24, 2.45) is 0 Å². The van der Waals surface area contributed by atoms with Gasteiger partial charge in [-0.3, -0.25) is 4.79 Å². The number of unbranched alkanes of at least 4 members (excludes halogenated alkanes) is 10. The number of anilines is 1. The molecule has 148 valence electrons. The van der Waals surface area contributed by atoms with E-state index in [1.165, 1.54) is 69.1 Å². The third-order valence-electron chi connectivity index (χ3n) is 4.83. The van der Waals surface area contributed by atoms with E-state index in [2.05, 4.69) is 17.2 Å². The third kappa shape index (κ3) is 9.18. The fourth-order valence-electron chi connectivity index (χ4n) is 3.20. The van der Waals surface area contributed by atoms with Gasteiger partial charge in [-0.15, -0.1) is 11.3 Å². The average molecular weight is 387 g/mol. The van der Waals surface area contributed by atoms with Gasteiger partial charge in [0.25, 0.3) is 0 Å². The average Bonchev–Trinajstić information content (AvgIpc) is 3.15. The molecule has 1 amide bonds. The Hall–Kier alpha value is -1.68. The molecule has 0 saturated heterocycles. The standard InChI is InChI=1S/C23H34N2OS/c1-2-3-4-5-6-7-8-9-10-11-15-18-22(26)25-23-24-21(19-27-23)20-16-13-12-14-17-20/h12-14,16-17,19H,2-11,15,18H2,1H3,(H,24,25,26). The molecular weight excluding hydrogens is 352 g/mol. The van der Waals surface area contributed by atoms with Crippen LogP contribution < -0.4 is 5.32 Å². The van der Waals surface area contributed by atoms with Crippen molar-refractivity contribution in [2.45, 2.75) is 84.0 Å². The first-order valence-corrected chi connectivity index (χ1v) is 11.5. The summed E-state index contributed by atoms with van der Waals surface area (Å²) in [5, 5.41) is 5.63. The van der Waals surface area contributed by atoms with Crippen molar-refractivity contribution in [1.29, 1.82) is 0 Å². The van der Waals surface area contributed by atoms with Gasteiger partial charge in [0.15, 0.2) is 5.13 Å². The van der Waals surface area contributed by atoms with Crippen molar-refractivity contribution >= 4 is 22.4 Å². The lowest BCUT2D eigenvalue weighted by atomic mass is 10.1. The van der Waals surface area contributed by atoms with Crippen LogP contribution in [0.3, 0.4) is 0 Å². The molecule has 3 nitrogen and oxygen atoms in total. The van der Waals surface area contributed by atoms with E-state index < -0.39 is 0 Å². The monoisotopic (exact) mass is 386 g/mol. The summed E-state index contributed by atoms with van der Waals surface area (Å²) in [5.74, 6) is 0.0832. The van der Waals surface area contributed by atoms with Gasteiger partial charge in [-0.25, -0.2) is 4.98 Å². The molecule has 4 heteroatoms. The van der Waals surface area contributed by atoms with Gasteiger partial charge in [-0.05, 0) is 6.42 Å². The van der Waals surface area contributed by atoms with Gasteiger partial charge < -0.3 is 5.32 Å². The fourth-order valence-corrected chi connectivity index (χ4v) is 3.94. The molecule has 0 spiro atoms. The predicted molar refractivity (Wildman–Crippen MR) is 117 cm³/mol. The van der Waals surface area contributed by atoms with E-state index >= 15 is 0 Å². The summed E-state index contributed by atoms with van der Waals surface area (Å²) < 4.78 is 0. The van der Waals surface area contributed by atoms with Crippen molar-refractivity contribution in [3.05, 3.63) is 35.7 Å². The van der Waals surface area contributed by atoms with Gasteiger partial charge >= 0.3 is 0 Å². The number of rotatable bonds is 14. The first-order valence-electron chi connectivity index (χ1n) is 10.6. The van der Waals surface area contributed by atoms with Crippen LogP contribution in [0.5, 0.6) is 0 Å². The third-order valence-corrected chi connectivity index (χ3v) is 5.59. The number of hydrogen-bond donors (Lipinski definition) is 1. The molecule has 2 rings (SSSR count). The number of hydrogen-bond acceptors (Lipinski definition) is 3. The van der Waals surface area contributed by atoms with Crippen LogP contribution in [0.1, 0.15) is 84.0 Å². The topological polar surface area (TPSA) is 42.0 Å². The van der Waals surface area contributed by atoms with E-state index in [4.69, 9.17) is 0 Å². The van der Waals surface area contributed by atoms with E-state index in [1.54, 1.807) is 0 Å². The molecule has 0 unspecified atom stereocenters. The van der Waals surface area contributed by atoms with E-state index in [0.717, 1.165) is 24.1 Å². The highest BCUT2D eigenvalue weighted by Crippen LogP contribution is 2.24. The number of carbonyl (C=O) groups is 1. The summed E-state index contributed by atoms with van der Waals surface area (Å²) in [4.78, 5) is 16.6. The first kappa shape index (κ1) is 21.6. The number of thiazole rings is 1. The molecule has 2 aromatic rings. The zero-order valence-electron chi connectivity index (χ0n) is 16.7. The Balaban J connectivity index is 1.50. The fraction of sp³-hybridized carbons (Fsp3) is 0.565. The van der Waals surface area contributed by atoms with Crippen LogP contribution in [0.15, 0.2) is 35.7 Å². The highest BCUT2D eigenvalue weighted by Gasteiger charge is 2.07. The Kier molecular flexibility index (Phi) is 10.8. The van der Waals surface area contributed by atoms with Crippen LogP contribution in [-0.2, 0) is 4.79 Å². The number of amides is 1. The Morgan fingerprint density at radius 1 is 0.889 bits per heavy atom. The minimum Gasteiger partial charge on any atom is -0.302 e. The largest absolute Gasteiger partial charge is 0.302 e. The second-order valence-electron chi connectivity index (χ2n) is 7.24. The number of carbonyl (C=O) groups excluding carboxylic acids is 1. The SMILES string of the molecule is CCCCCCCCCCCCCC(=O)Nc1nc(-c2ccccc2)cs1. The number of nitrogens with zero attached hydrogens (tertiary/aromatic N) is 1. The van der Waals surface area contributed by atoms with Gasteiger partial charge in [0.2, 0.25) is 5.91 Å². The number of aromatic nitrogens is 1. The molecule has 0 saturated carbocycles. The van der Waals surface area contributed by atoms with Crippen LogP contribution in [-0.4, -0.2) is 10.9 Å². The molecule has 0 aliphatic rings. The lowest BCUT2D eigenvalue weighted by Crippen LogP contribution is -2.10. The Morgan fingerprint density at radius 3 is 2.11 bits per heavy atom. The molecule has 0 aliphatic heterocycles. The van der Waals surface area contributed by atoms with Crippen molar-refractivity contribution in [2.75, 3.05) is 5.32 Å². The van der Waals surface area contributed by atoms with Crippen LogP contribution in [0.25, 0.3) is 11.3 Å². The number of benzene rings is 1. The van der Waals surface area contributed by atoms with Crippen LogP contribution >= 0.6 is 11.3 Å². The van der Waals surface area contributed by atoms with E-state index in [-0.39, 0.29) is 5.91 Å². The second-order valence-corrected chi connectivity index (χ2v) is 8.10. The van der Waals surface area contributed by atoms with Crippen LogP contribution in [0.2, 0.25) is 0 Å². The summed E-state index contributed by atoms with van der Waals surface area (Å²) in [6, 6.07) is 10.1. The van der Waals surface area contributed by atoms with Crippen molar-refractivity contribution in [3.8, 4) is 11.3 Å². The summed E-state index contributed by atoms with van der Waals surface area (Å²) in [5.41, 5.74) is 2.00. The van der Waals surface area contributed by atoms with E-state index in [9.17, 15) is 4.79 Å². The molecule has 0 aliphatic carbocycles. The molecule has 0 atom stereocenters. The lowest BCUT2D eigenvalue weighted by Gasteiger charge is -2.03. The lowest BCUT2D eigenvalue weighted by molar-refractivity contribution is -0.116. The maximum absolute atomic E-state index is 12.1. The molecular formula is C23H34N2OS. The van der Waals surface area contributed by atoms with Gasteiger partial charge in [0.1, 0.15) is 0 Å². The van der Waals surface area contributed by atoms with Gasteiger partial charge in [-0.1, -0.05) is 101 Å². The molecule has 27 heavy (non-hydrogen) atoms. The van der Waals surface area contributed by atoms with E-state index in [1.807, 2.05) is 35.7 Å². The summed E-state index contributed by atoms with van der Waals surface area (Å²) >= 11 is 1.49. The van der Waals surface area contributed by atoms with Crippen LogP contribution in [0, 0.1) is 0 Å². The van der Waals surface area contributed by atoms with Gasteiger partial charge in [-0.2, -0.15) is 0 Å². The van der Waals surface area contributed by atoms with Gasteiger partial charge in [0, 0.05) is 17.4 Å². The van der Waals surface area contributed by atoms with E-state index in [0.29, 0.717) is 11.6 Å². The van der Waals surface area contributed by atoms with Gasteiger partial charge in [0.05, 0.1) is 5.69 Å². The Morgan fingerprint density at radius 2 is 1.48 bits per heavy atom. The minimum absolute atomic E-state index is 0.0832. The molecule has 1 aromatic heterocycles. The Labute approximate surface area is 168 Å². The molecule has 0 radical (unpaired) electrons. The minimum atomic E-state index is 0.0832. The Bertz CT molecular complexity index is 639. The highest BCUT2D eigenvalue weighted by atomic mass is 32.1. The summed E-state index contributed by atoms with van der Waals surface area (Å²) in [6.07, 6.45) is 14.9. The van der Waals surface area contributed by atoms with Crippen LogP contribution in [0.4, 0.5) is 5.13 Å².